The lowest BCUT2D eigenvalue weighted by Gasteiger charge is -2.08. The number of ether oxygens (including phenoxy) is 2. The van der Waals surface area contributed by atoms with Crippen molar-refractivity contribution in [1.82, 2.24) is 4.98 Å². The maximum atomic E-state index is 12.4. The molecule has 4 rings (SSSR count). The van der Waals surface area contributed by atoms with Gasteiger partial charge in [0.1, 0.15) is 5.82 Å². The molecule has 2 heterocycles. The lowest BCUT2D eigenvalue weighted by molar-refractivity contribution is 0.102. The van der Waals surface area contributed by atoms with Gasteiger partial charge in [-0.3, -0.25) is 4.79 Å². The van der Waals surface area contributed by atoms with E-state index in [1.165, 1.54) is 6.20 Å². The third-order valence-corrected chi connectivity index (χ3v) is 4.29. The Kier molecular flexibility index (Phi) is 4.80. The molecule has 0 fully saturated rings. The highest BCUT2D eigenvalue weighted by molar-refractivity contribution is 6.30. The van der Waals surface area contributed by atoms with E-state index >= 15 is 0 Å². The largest absolute Gasteiger partial charge is 0.454 e. The number of rotatable bonds is 5. The second-order valence-electron chi connectivity index (χ2n) is 5.93. The van der Waals surface area contributed by atoms with Crippen LogP contribution in [-0.4, -0.2) is 17.7 Å². The molecule has 1 amide bonds. The number of nitrogens with one attached hydrogen (secondary N) is 2. The number of pyridine rings is 1. The van der Waals surface area contributed by atoms with Crippen LogP contribution in [0.1, 0.15) is 15.9 Å². The molecule has 2 aromatic carbocycles. The topological polar surface area (TPSA) is 72.5 Å². The van der Waals surface area contributed by atoms with Gasteiger partial charge in [-0.05, 0) is 42.0 Å². The SMILES string of the molecule is O=C(Nc1ccc2c(c1)OCO2)c1ccc(NCc2ccc(Cl)cc2)nc1. The molecule has 0 bridgehead atoms. The Morgan fingerprint density at radius 1 is 1.04 bits per heavy atom. The molecule has 136 valence electrons. The fourth-order valence-electron chi connectivity index (χ4n) is 2.61. The van der Waals surface area contributed by atoms with E-state index in [4.69, 9.17) is 21.1 Å². The van der Waals surface area contributed by atoms with Crippen LogP contribution in [-0.2, 0) is 6.54 Å². The van der Waals surface area contributed by atoms with E-state index in [9.17, 15) is 4.79 Å². The van der Waals surface area contributed by atoms with Gasteiger partial charge in [-0.2, -0.15) is 0 Å². The maximum absolute atomic E-state index is 12.4. The number of benzene rings is 2. The Balaban J connectivity index is 1.36. The van der Waals surface area contributed by atoms with E-state index in [1.54, 1.807) is 30.3 Å². The van der Waals surface area contributed by atoms with Crippen LogP contribution in [0.5, 0.6) is 11.5 Å². The van der Waals surface area contributed by atoms with E-state index in [0.717, 1.165) is 5.56 Å². The van der Waals surface area contributed by atoms with Crippen molar-refractivity contribution in [3.05, 3.63) is 76.9 Å². The molecule has 1 aromatic heterocycles. The summed E-state index contributed by atoms with van der Waals surface area (Å²) in [5, 5.41) is 6.73. The first-order valence-electron chi connectivity index (χ1n) is 8.33. The van der Waals surface area contributed by atoms with Crippen molar-refractivity contribution in [2.24, 2.45) is 0 Å². The Bertz CT molecular complexity index is 959. The zero-order valence-corrected chi connectivity index (χ0v) is 15.0. The number of anilines is 2. The zero-order chi connectivity index (χ0) is 18.6. The molecule has 0 atom stereocenters. The third kappa shape index (κ3) is 4.12. The van der Waals surface area contributed by atoms with Crippen LogP contribution in [0.25, 0.3) is 0 Å². The van der Waals surface area contributed by atoms with Crippen molar-refractivity contribution >= 4 is 29.0 Å². The molecule has 1 aliphatic heterocycles. The number of fused-ring (bicyclic) bond motifs is 1. The smallest absolute Gasteiger partial charge is 0.257 e. The fraction of sp³-hybridized carbons (Fsp3) is 0.100. The highest BCUT2D eigenvalue weighted by Gasteiger charge is 2.14. The minimum Gasteiger partial charge on any atom is -0.454 e. The molecule has 7 heteroatoms. The number of hydrogen-bond donors (Lipinski definition) is 2. The molecule has 1 aliphatic rings. The van der Waals surface area contributed by atoms with Gasteiger partial charge in [0.05, 0.1) is 5.56 Å². The summed E-state index contributed by atoms with van der Waals surface area (Å²) in [5.41, 5.74) is 2.18. The van der Waals surface area contributed by atoms with Gasteiger partial charge in [-0.1, -0.05) is 23.7 Å². The molecule has 3 aromatic rings. The van der Waals surface area contributed by atoms with Crippen LogP contribution < -0.4 is 20.1 Å². The first-order chi connectivity index (χ1) is 13.2. The Morgan fingerprint density at radius 2 is 1.85 bits per heavy atom. The molecular formula is C20H16ClN3O3. The Labute approximate surface area is 161 Å². The quantitative estimate of drug-likeness (QED) is 0.688. The first-order valence-corrected chi connectivity index (χ1v) is 8.70. The highest BCUT2D eigenvalue weighted by atomic mass is 35.5. The van der Waals surface area contributed by atoms with Gasteiger partial charge in [-0.25, -0.2) is 4.98 Å². The van der Waals surface area contributed by atoms with Gasteiger partial charge in [0, 0.05) is 29.5 Å². The maximum Gasteiger partial charge on any atom is 0.257 e. The van der Waals surface area contributed by atoms with E-state index in [0.29, 0.717) is 40.1 Å². The molecule has 27 heavy (non-hydrogen) atoms. The van der Waals surface area contributed by atoms with Gasteiger partial charge in [0.25, 0.3) is 5.91 Å². The summed E-state index contributed by atoms with van der Waals surface area (Å²) in [6.07, 6.45) is 1.53. The minimum atomic E-state index is -0.245. The van der Waals surface area contributed by atoms with E-state index < -0.39 is 0 Å². The number of nitrogens with zero attached hydrogens (tertiary/aromatic N) is 1. The summed E-state index contributed by atoms with van der Waals surface area (Å²) in [6, 6.07) is 16.3. The molecule has 0 spiro atoms. The van der Waals surface area contributed by atoms with Crippen molar-refractivity contribution in [2.75, 3.05) is 17.4 Å². The molecule has 6 nitrogen and oxygen atoms in total. The van der Waals surface area contributed by atoms with E-state index in [-0.39, 0.29) is 12.7 Å². The van der Waals surface area contributed by atoms with Crippen LogP contribution in [0.2, 0.25) is 5.02 Å². The van der Waals surface area contributed by atoms with Gasteiger partial charge in [0.15, 0.2) is 11.5 Å². The van der Waals surface area contributed by atoms with Crippen LogP contribution in [0, 0.1) is 0 Å². The number of hydrogen-bond acceptors (Lipinski definition) is 5. The summed E-state index contributed by atoms with van der Waals surface area (Å²) >= 11 is 5.88. The fourth-order valence-corrected chi connectivity index (χ4v) is 2.73. The van der Waals surface area contributed by atoms with Crippen molar-refractivity contribution in [1.29, 1.82) is 0 Å². The van der Waals surface area contributed by atoms with Crippen molar-refractivity contribution in [3.8, 4) is 11.5 Å². The number of amides is 1. The van der Waals surface area contributed by atoms with Crippen LogP contribution in [0.4, 0.5) is 11.5 Å². The number of halogens is 1. The molecule has 0 unspecified atom stereocenters. The summed E-state index contributed by atoms with van der Waals surface area (Å²) in [4.78, 5) is 16.7. The van der Waals surface area contributed by atoms with E-state index in [2.05, 4.69) is 15.6 Å². The lowest BCUT2D eigenvalue weighted by Crippen LogP contribution is -2.12. The number of carbonyl (C=O) groups excluding carboxylic acids is 1. The monoisotopic (exact) mass is 381 g/mol. The second-order valence-corrected chi connectivity index (χ2v) is 6.37. The zero-order valence-electron chi connectivity index (χ0n) is 14.2. The van der Waals surface area contributed by atoms with Crippen molar-refractivity contribution in [2.45, 2.75) is 6.54 Å². The minimum absolute atomic E-state index is 0.196. The number of carbonyl (C=O) groups is 1. The third-order valence-electron chi connectivity index (χ3n) is 4.04. The summed E-state index contributed by atoms with van der Waals surface area (Å²) in [6.45, 7) is 0.814. The molecule has 0 saturated carbocycles. The summed E-state index contributed by atoms with van der Waals surface area (Å²) in [7, 11) is 0. The molecule has 0 aliphatic carbocycles. The average Bonchev–Trinajstić information content (AvgIpc) is 3.16. The van der Waals surface area contributed by atoms with E-state index in [1.807, 2.05) is 24.3 Å². The Morgan fingerprint density at radius 3 is 2.63 bits per heavy atom. The summed E-state index contributed by atoms with van der Waals surface area (Å²) in [5.74, 6) is 1.73. The predicted molar refractivity (Wildman–Crippen MR) is 104 cm³/mol. The van der Waals surface area contributed by atoms with Gasteiger partial charge in [-0.15, -0.1) is 0 Å². The van der Waals surface area contributed by atoms with Crippen molar-refractivity contribution < 1.29 is 14.3 Å². The normalized spacial score (nSPS) is 11.9. The predicted octanol–water partition coefficient (Wildman–Crippen LogP) is 4.33. The van der Waals surface area contributed by atoms with Gasteiger partial charge < -0.3 is 20.1 Å². The average molecular weight is 382 g/mol. The molecule has 0 radical (unpaired) electrons. The molecule has 2 N–H and O–H groups in total. The molecule has 0 saturated heterocycles. The van der Waals surface area contributed by atoms with Crippen molar-refractivity contribution in [3.63, 3.8) is 0 Å². The van der Waals surface area contributed by atoms with Crippen LogP contribution in [0.3, 0.4) is 0 Å². The number of aromatic nitrogens is 1. The standard InChI is InChI=1S/C20H16ClN3O3/c21-15-4-1-13(2-5-15)10-22-19-8-3-14(11-23-19)20(25)24-16-6-7-17-18(9-16)27-12-26-17/h1-9,11H,10,12H2,(H,22,23)(H,24,25). The van der Waals surface area contributed by atoms with Gasteiger partial charge in [0.2, 0.25) is 6.79 Å². The first kappa shape index (κ1) is 17.2. The highest BCUT2D eigenvalue weighted by Crippen LogP contribution is 2.34. The lowest BCUT2D eigenvalue weighted by atomic mass is 10.2. The van der Waals surface area contributed by atoms with Crippen LogP contribution >= 0.6 is 11.6 Å². The van der Waals surface area contributed by atoms with Crippen LogP contribution in [0.15, 0.2) is 60.8 Å². The van der Waals surface area contributed by atoms with Gasteiger partial charge >= 0.3 is 0 Å². The Hall–Kier alpha value is -3.25. The second kappa shape index (κ2) is 7.55. The summed E-state index contributed by atoms with van der Waals surface area (Å²) < 4.78 is 10.6. The molecular weight excluding hydrogens is 366 g/mol.